The molecule has 0 aliphatic rings. The number of hydrogen-bond acceptors (Lipinski definition) is 6. The number of non-ortho nitro benzene ring substituents is 1. The number of hydrogen-bond donors (Lipinski definition) is 1. The van der Waals surface area contributed by atoms with E-state index in [1.54, 1.807) is 18.3 Å². The van der Waals surface area contributed by atoms with Gasteiger partial charge in [-0.05, 0) is 67.8 Å². The lowest BCUT2D eigenvalue weighted by molar-refractivity contribution is -0.384. The van der Waals surface area contributed by atoms with E-state index in [4.69, 9.17) is 9.47 Å². The number of ether oxygens (including phenoxy) is 2. The average molecular weight is 419 g/mol. The van der Waals surface area contributed by atoms with Crippen molar-refractivity contribution in [2.75, 3.05) is 12.0 Å². The van der Waals surface area contributed by atoms with Crippen molar-refractivity contribution in [3.05, 3.63) is 93.0 Å². The lowest BCUT2D eigenvalue weighted by Crippen LogP contribution is -2.02. The van der Waals surface area contributed by atoms with Crippen molar-refractivity contribution in [2.45, 2.75) is 27.4 Å². The molecule has 0 heterocycles. The van der Waals surface area contributed by atoms with E-state index in [9.17, 15) is 10.1 Å². The number of nitrogens with one attached hydrogen (secondary N) is 1. The summed E-state index contributed by atoms with van der Waals surface area (Å²) in [5.41, 5.74) is 7.90. The summed E-state index contributed by atoms with van der Waals surface area (Å²) in [4.78, 5) is 10.3. The minimum atomic E-state index is -0.438. The number of benzene rings is 3. The van der Waals surface area contributed by atoms with Gasteiger partial charge in [-0.3, -0.25) is 15.5 Å². The summed E-state index contributed by atoms with van der Waals surface area (Å²) >= 11 is 0. The van der Waals surface area contributed by atoms with Crippen LogP contribution in [0.1, 0.15) is 29.2 Å². The topological polar surface area (TPSA) is 86.0 Å². The zero-order valence-electron chi connectivity index (χ0n) is 17.8. The molecule has 0 spiro atoms. The Bertz CT molecular complexity index is 1080. The molecule has 0 aliphatic heterocycles. The normalized spacial score (nSPS) is 10.8. The van der Waals surface area contributed by atoms with Crippen LogP contribution in [0.4, 0.5) is 11.4 Å². The summed E-state index contributed by atoms with van der Waals surface area (Å²) in [6.07, 6.45) is 1.65. The fraction of sp³-hybridized carbons (Fsp3) is 0.208. The van der Waals surface area contributed by atoms with Crippen LogP contribution in [-0.2, 0) is 6.61 Å². The predicted molar refractivity (Wildman–Crippen MR) is 122 cm³/mol. The van der Waals surface area contributed by atoms with Crippen molar-refractivity contribution >= 4 is 17.6 Å². The number of nitro benzene ring substituents is 1. The van der Waals surface area contributed by atoms with Crippen molar-refractivity contribution < 1.29 is 14.4 Å². The van der Waals surface area contributed by atoms with Crippen LogP contribution in [0.2, 0.25) is 0 Å². The first-order valence-electron chi connectivity index (χ1n) is 9.95. The van der Waals surface area contributed by atoms with Crippen LogP contribution in [0.15, 0.2) is 65.8 Å². The molecule has 3 rings (SSSR count). The van der Waals surface area contributed by atoms with Gasteiger partial charge in [0.15, 0.2) is 11.5 Å². The Morgan fingerprint density at radius 2 is 1.77 bits per heavy atom. The fourth-order valence-corrected chi connectivity index (χ4v) is 2.94. The van der Waals surface area contributed by atoms with Gasteiger partial charge in [0.2, 0.25) is 0 Å². The quantitative estimate of drug-likeness (QED) is 0.276. The summed E-state index contributed by atoms with van der Waals surface area (Å²) in [5, 5.41) is 14.9. The lowest BCUT2D eigenvalue weighted by Gasteiger charge is -2.14. The smallest absolute Gasteiger partial charge is 0.269 e. The third-order valence-corrected chi connectivity index (χ3v) is 4.64. The van der Waals surface area contributed by atoms with E-state index in [1.165, 1.54) is 23.3 Å². The van der Waals surface area contributed by atoms with E-state index in [1.807, 2.05) is 25.1 Å². The largest absolute Gasteiger partial charge is 0.490 e. The Hall–Kier alpha value is -3.87. The zero-order valence-corrected chi connectivity index (χ0v) is 17.8. The molecule has 0 amide bonds. The van der Waals surface area contributed by atoms with E-state index in [0.29, 0.717) is 30.4 Å². The third kappa shape index (κ3) is 6.05. The van der Waals surface area contributed by atoms with Gasteiger partial charge >= 0.3 is 0 Å². The van der Waals surface area contributed by atoms with Gasteiger partial charge in [0.05, 0.1) is 23.4 Å². The molecule has 0 bridgehead atoms. The molecule has 0 aliphatic carbocycles. The molecule has 3 aromatic carbocycles. The molecule has 160 valence electrons. The highest BCUT2D eigenvalue weighted by atomic mass is 16.6. The molecule has 7 nitrogen and oxygen atoms in total. The molecule has 0 radical (unpaired) electrons. The maximum atomic E-state index is 10.7. The van der Waals surface area contributed by atoms with Crippen LogP contribution in [0, 0.1) is 24.0 Å². The molecule has 0 aromatic heterocycles. The molecule has 0 unspecified atom stereocenters. The van der Waals surface area contributed by atoms with Crippen LogP contribution in [0.3, 0.4) is 0 Å². The van der Waals surface area contributed by atoms with Gasteiger partial charge in [-0.15, -0.1) is 0 Å². The highest BCUT2D eigenvalue weighted by Crippen LogP contribution is 2.29. The van der Waals surface area contributed by atoms with Crippen LogP contribution in [0.5, 0.6) is 11.5 Å². The summed E-state index contributed by atoms with van der Waals surface area (Å²) < 4.78 is 11.8. The number of aryl methyl sites for hydroxylation is 2. The molecule has 0 atom stereocenters. The second-order valence-electron chi connectivity index (χ2n) is 7.03. The van der Waals surface area contributed by atoms with Gasteiger partial charge in [0.25, 0.3) is 5.69 Å². The molecule has 0 saturated heterocycles. The van der Waals surface area contributed by atoms with E-state index >= 15 is 0 Å². The predicted octanol–water partition coefficient (Wildman–Crippen LogP) is 5.64. The van der Waals surface area contributed by atoms with Crippen molar-refractivity contribution in [1.29, 1.82) is 0 Å². The molecular weight excluding hydrogens is 394 g/mol. The Morgan fingerprint density at radius 3 is 2.48 bits per heavy atom. The molecule has 31 heavy (non-hydrogen) atoms. The van der Waals surface area contributed by atoms with Crippen LogP contribution in [-0.4, -0.2) is 17.7 Å². The number of nitro groups is 1. The number of nitrogens with zero attached hydrogens (tertiary/aromatic N) is 2. The third-order valence-electron chi connectivity index (χ3n) is 4.64. The molecule has 0 saturated carbocycles. The SMILES string of the molecule is CCOc1cc(/C=N/Nc2ccc([N+](=O)[O-])cc2)ccc1OCc1cc(C)ccc1C. The average Bonchev–Trinajstić information content (AvgIpc) is 2.76. The maximum absolute atomic E-state index is 10.7. The number of hydrazone groups is 1. The van der Waals surface area contributed by atoms with E-state index in [0.717, 1.165) is 11.1 Å². The van der Waals surface area contributed by atoms with Crippen molar-refractivity contribution in [3.8, 4) is 11.5 Å². The molecule has 0 fully saturated rings. The summed E-state index contributed by atoms with van der Waals surface area (Å²) in [6, 6.07) is 18.0. The molecule has 7 heteroatoms. The van der Waals surface area contributed by atoms with E-state index < -0.39 is 4.92 Å². The highest BCUT2D eigenvalue weighted by molar-refractivity contribution is 5.81. The second-order valence-corrected chi connectivity index (χ2v) is 7.03. The number of rotatable bonds is 9. The Kier molecular flexibility index (Phi) is 7.22. The van der Waals surface area contributed by atoms with Crippen molar-refractivity contribution in [3.63, 3.8) is 0 Å². The Balaban J connectivity index is 1.68. The standard InChI is InChI=1S/C24H25N3O4/c1-4-30-24-14-19(15-25-26-21-8-10-22(11-9-21)27(28)29)7-12-23(24)31-16-20-13-17(2)5-6-18(20)3/h5-15,26H,4,16H2,1-3H3/b25-15+. The monoisotopic (exact) mass is 419 g/mol. The van der Waals surface area contributed by atoms with Gasteiger partial charge in [0, 0.05) is 12.1 Å². The Morgan fingerprint density at radius 1 is 1.00 bits per heavy atom. The second kappa shape index (κ2) is 10.2. The minimum absolute atomic E-state index is 0.0346. The van der Waals surface area contributed by atoms with E-state index in [2.05, 4.69) is 42.6 Å². The van der Waals surface area contributed by atoms with Crippen LogP contribution in [0.25, 0.3) is 0 Å². The Labute approximate surface area is 181 Å². The van der Waals surface area contributed by atoms with Crippen molar-refractivity contribution in [2.24, 2.45) is 5.10 Å². The lowest BCUT2D eigenvalue weighted by atomic mass is 10.1. The van der Waals surface area contributed by atoms with Crippen LogP contribution < -0.4 is 14.9 Å². The van der Waals surface area contributed by atoms with Gasteiger partial charge in [-0.25, -0.2) is 0 Å². The maximum Gasteiger partial charge on any atom is 0.269 e. The summed E-state index contributed by atoms with van der Waals surface area (Å²) in [5.74, 6) is 1.32. The number of anilines is 1. The van der Waals surface area contributed by atoms with Gasteiger partial charge in [-0.1, -0.05) is 23.8 Å². The first kappa shape index (κ1) is 21.8. The fourth-order valence-electron chi connectivity index (χ4n) is 2.94. The minimum Gasteiger partial charge on any atom is -0.490 e. The summed E-state index contributed by atoms with van der Waals surface area (Å²) in [7, 11) is 0. The van der Waals surface area contributed by atoms with Crippen molar-refractivity contribution in [1.82, 2.24) is 0 Å². The first-order chi connectivity index (χ1) is 15.0. The highest BCUT2D eigenvalue weighted by Gasteiger charge is 2.08. The zero-order chi connectivity index (χ0) is 22.2. The van der Waals surface area contributed by atoms with E-state index in [-0.39, 0.29) is 5.69 Å². The van der Waals surface area contributed by atoms with Gasteiger partial charge in [-0.2, -0.15) is 5.10 Å². The van der Waals surface area contributed by atoms with Crippen LogP contribution >= 0.6 is 0 Å². The van der Waals surface area contributed by atoms with Gasteiger partial charge < -0.3 is 9.47 Å². The molecule has 3 aromatic rings. The molecular formula is C24H25N3O4. The van der Waals surface area contributed by atoms with Gasteiger partial charge in [0.1, 0.15) is 6.61 Å². The summed E-state index contributed by atoms with van der Waals surface area (Å²) in [6.45, 7) is 7.03. The molecule has 1 N–H and O–H groups in total. The first-order valence-corrected chi connectivity index (χ1v) is 9.95.